The van der Waals surface area contributed by atoms with E-state index in [0.29, 0.717) is 25.2 Å². The first kappa shape index (κ1) is 21.4. The fourth-order valence-electron chi connectivity index (χ4n) is 6.26. The number of nitrogens with zero attached hydrogens (tertiary/aromatic N) is 2. The van der Waals surface area contributed by atoms with Gasteiger partial charge in [0.05, 0.1) is 25.2 Å². The molecule has 0 aromatic rings. The van der Waals surface area contributed by atoms with Crippen molar-refractivity contribution in [3.63, 3.8) is 0 Å². The normalized spacial score (nSPS) is 37.2. The molecular weight excluding hydrogens is 383 g/mol. The van der Waals surface area contributed by atoms with Crippen LogP contribution in [-0.2, 0) is 9.53 Å². The van der Waals surface area contributed by atoms with Gasteiger partial charge in [0.25, 0.3) is 0 Å². The first-order valence-electron chi connectivity index (χ1n) is 11.3. The van der Waals surface area contributed by atoms with E-state index in [1.807, 2.05) is 6.92 Å². The van der Waals surface area contributed by atoms with Crippen LogP contribution < -0.4 is 5.32 Å². The van der Waals surface area contributed by atoms with Gasteiger partial charge in [-0.05, 0) is 83.8 Å². The number of hydrogen-bond acceptors (Lipinski definition) is 5. The molecule has 5 nitrogen and oxygen atoms in total. The van der Waals surface area contributed by atoms with E-state index < -0.39 is 12.7 Å². The SMILES string of the molecule is CCOC(=O)C1CCC2(C1)CC(N1CCC([C@@H]3CCCN3CC(F)(F)F)CC1)N2. The zero-order valence-electron chi connectivity index (χ0n) is 17.3. The van der Waals surface area contributed by atoms with Crippen LogP contribution in [0.25, 0.3) is 0 Å². The van der Waals surface area contributed by atoms with Crippen LogP contribution in [0.5, 0.6) is 0 Å². The van der Waals surface area contributed by atoms with Gasteiger partial charge in [-0.2, -0.15) is 13.2 Å². The van der Waals surface area contributed by atoms with Crippen LogP contribution in [0.1, 0.15) is 58.3 Å². The topological polar surface area (TPSA) is 44.8 Å². The molecule has 1 aliphatic carbocycles. The number of hydrogen-bond donors (Lipinski definition) is 1. The van der Waals surface area contributed by atoms with E-state index in [9.17, 15) is 18.0 Å². The molecule has 3 aliphatic heterocycles. The Morgan fingerprint density at radius 1 is 1.14 bits per heavy atom. The van der Waals surface area contributed by atoms with E-state index in [4.69, 9.17) is 4.74 Å². The summed E-state index contributed by atoms with van der Waals surface area (Å²) in [5.74, 6) is 0.344. The summed E-state index contributed by atoms with van der Waals surface area (Å²) in [5, 5.41) is 3.74. The van der Waals surface area contributed by atoms with Gasteiger partial charge in [0.15, 0.2) is 0 Å². The van der Waals surface area contributed by atoms with Crippen molar-refractivity contribution in [1.82, 2.24) is 15.1 Å². The number of halogens is 3. The fourth-order valence-corrected chi connectivity index (χ4v) is 6.26. The van der Waals surface area contributed by atoms with Crippen molar-refractivity contribution < 1.29 is 22.7 Å². The van der Waals surface area contributed by atoms with E-state index in [1.54, 1.807) is 4.90 Å². The summed E-state index contributed by atoms with van der Waals surface area (Å²) in [5.41, 5.74) is 0.0912. The van der Waals surface area contributed by atoms with Crippen molar-refractivity contribution in [2.45, 2.75) is 82.2 Å². The average molecular weight is 418 g/mol. The predicted molar refractivity (Wildman–Crippen MR) is 103 cm³/mol. The highest BCUT2D eigenvalue weighted by Crippen LogP contribution is 2.45. The van der Waals surface area contributed by atoms with Crippen LogP contribution in [0.4, 0.5) is 13.2 Å². The molecule has 0 bridgehead atoms. The second kappa shape index (κ2) is 8.35. The third-order valence-electron chi connectivity index (χ3n) is 7.64. The second-order valence-electron chi connectivity index (χ2n) is 9.50. The van der Waals surface area contributed by atoms with Crippen LogP contribution in [0.2, 0.25) is 0 Å². The molecule has 29 heavy (non-hydrogen) atoms. The van der Waals surface area contributed by atoms with Crippen LogP contribution >= 0.6 is 0 Å². The number of carbonyl (C=O) groups is 1. The van der Waals surface area contributed by atoms with Crippen LogP contribution in [-0.4, -0.2) is 72.5 Å². The Hall–Kier alpha value is -0.860. The molecule has 166 valence electrons. The summed E-state index contributed by atoms with van der Waals surface area (Å²) < 4.78 is 43.7. The number of carbonyl (C=O) groups excluding carboxylic acids is 1. The van der Waals surface area contributed by atoms with Crippen LogP contribution in [0.15, 0.2) is 0 Å². The van der Waals surface area contributed by atoms with Crippen molar-refractivity contribution in [2.24, 2.45) is 11.8 Å². The second-order valence-corrected chi connectivity index (χ2v) is 9.50. The minimum atomic E-state index is -4.10. The van der Waals surface area contributed by atoms with Gasteiger partial charge in [0.2, 0.25) is 0 Å². The molecule has 8 heteroatoms. The fraction of sp³-hybridized carbons (Fsp3) is 0.952. The molecular formula is C21H34F3N3O2. The van der Waals surface area contributed by atoms with Crippen molar-refractivity contribution in [1.29, 1.82) is 0 Å². The van der Waals surface area contributed by atoms with Crippen molar-refractivity contribution in [2.75, 3.05) is 32.8 Å². The zero-order chi connectivity index (χ0) is 20.6. The lowest BCUT2D eigenvalue weighted by molar-refractivity contribution is -0.151. The average Bonchev–Trinajstić information content (AvgIpc) is 3.27. The number of alkyl halides is 3. The minimum absolute atomic E-state index is 0.0242. The van der Waals surface area contributed by atoms with Gasteiger partial charge in [-0.25, -0.2) is 0 Å². The number of nitrogens with one attached hydrogen (secondary N) is 1. The monoisotopic (exact) mass is 417 g/mol. The maximum atomic E-state index is 12.8. The lowest BCUT2D eigenvalue weighted by Crippen LogP contribution is -2.69. The summed E-state index contributed by atoms with van der Waals surface area (Å²) in [7, 11) is 0. The minimum Gasteiger partial charge on any atom is -0.466 e. The third-order valence-corrected chi connectivity index (χ3v) is 7.64. The number of ether oxygens (including phenoxy) is 1. The van der Waals surface area contributed by atoms with Crippen molar-refractivity contribution in [3.05, 3.63) is 0 Å². The van der Waals surface area contributed by atoms with Gasteiger partial charge in [-0.1, -0.05) is 0 Å². The van der Waals surface area contributed by atoms with Gasteiger partial charge in [0.1, 0.15) is 0 Å². The van der Waals surface area contributed by atoms with Gasteiger partial charge in [-0.15, -0.1) is 0 Å². The molecule has 3 unspecified atom stereocenters. The summed E-state index contributed by atoms with van der Waals surface area (Å²) in [6, 6.07) is 0.0969. The summed E-state index contributed by atoms with van der Waals surface area (Å²) >= 11 is 0. The third kappa shape index (κ3) is 4.74. The molecule has 0 amide bonds. The largest absolute Gasteiger partial charge is 0.466 e. The zero-order valence-corrected chi connectivity index (χ0v) is 17.3. The molecule has 1 saturated carbocycles. The first-order chi connectivity index (χ1) is 13.8. The van der Waals surface area contributed by atoms with Crippen LogP contribution in [0.3, 0.4) is 0 Å². The van der Waals surface area contributed by atoms with E-state index in [2.05, 4.69) is 10.2 Å². The smallest absolute Gasteiger partial charge is 0.401 e. The molecule has 1 N–H and O–H groups in total. The molecule has 4 fully saturated rings. The Balaban J connectivity index is 1.22. The highest BCUT2D eigenvalue weighted by atomic mass is 19.4. The molecule has 4 atom stereocenters. The lowest BCUT2D eigenvalue weighted by Gasteiger charge is -2.53. The molecule has 0 aromatic carbocycles. The number of esters is 1. The molecule has 3 heterocycles. The molecule has 1 spiro atoms. The molecule has 0 radical (unpaired) electrons. The highest BCUT2D eigenvalue weighted by molar-refractivity contribution is 5.73. The predicted octanol–water partition coefficient (Wildman–Crippen LogP) is 3.15. The molecule has 4 aliphatic rings. The lowest BCUT2D eigenvalue weighted by atomic mass is 9.80. The van der Waals surface area contributed by atoms with Gasteiger partial charge in [-0.3, -0.25) is 19.9 Å². The Morgan fingerprint density at radius 2 is 1.86 bits per heavy atom. The number of likely N-dealkylation sites (tertiary alicyclic amines) is 2. The van der Waals surface area contributed by atoms with Crippen LogP contribution in [0, 0.1) is 11.8 Å². The Kier molecular flexibility index (Phi) is 6.15. The van der Waals surface area contributed by atoms with E-state index in [0.717, 1.165) is 64.5 Å². The van der Waals surface area contributed by atoms with E-state index in [-0.39, 0.29) is 23.5 Å². The summed E-state index contributed by atoms with van der Waals surface area (Å²) in [6.45, 7) is 4.02. The Bertz CT molecular complexity index is 586. The molecule has 0 aromatic heterocycles. The quantitative estimate of drug-likeness (QED) is 0.697. The van der Waals surface area contributed by atoms with Gasteiger partial charge >= 0.3 is 12.1 Å². The maximum absolute atomic E-state index is 12.8. The maximum Gasteiger partial charge on any atom is 0.401 e. The van der Waals surface area contributed by atoms with Gasteiger partial charge in [0, 0.05) is 11.6 Å². The number of rotatable bonds is 5. The molecule has 4 rings (SSSR count). The van der Waals surface area contributed by atoms with E-state index in [1.165, 1.54) is 0 Å². The van der Waals surface area contributed by atoms with Crippen molar-refractivity contribution >= 4 is 5.97 Å². The summed E-state index contributed by atoms with van der Waals surface area (Å²) in [4.78, 5) is 16.1. The standard InChI is InChI=1S/C21H34F3N3O2/c1-2-29-19(28)16-5-8-20(12-16)13-18(25-20)26-10-6-15(7-11-26)17-4-3-9-27(17)14-21(22,23)24/h15-18,25H,2-14H2,1H3/t16?,17-,18?,20?/m0/s1. The Labute approximate surface area is 171 Å². The van der Waals surface area contributed by atoms with Gasteiger partial charge < -0.3 is 4.74 Å². The van der Waals surface area contributed by atoms with Crippen molar-refractivity contribution in [3.8, 4) is 0 Å². The molecule has 3 saturated heterocycles. The van der Waals surface area contributed by atoms with E-state index >= 15 is 0 Å². The Morgan fingerprint density at radius 3 is 2.52 bits per heavy atom. The summed E-state index contributed by atoms with van der Waals surface area (Å²) in [6.07, 6.45) is 3.86. The highest BCUT2D eigenvalue weighted by Gasteiger charge is 2.52. The first-order valence-corrected chi connectivity index (χ1v) is 11.3. The number of piperidine rings is 1.